The molecule has 2 aliphatic rings. The van der Waals surface area contributed by atoms with Gasteiger partial charge in [-0.2, -0.15) is 0 Å². The number of hydrogen-bond donors (Lipinski definition) is 0. The van der Waals surface area contributed by atoms with Gasteiger partial charge in [0.15, 0.2) is 6.61 Å². The van der Waals surface area contributed by atoms with Gasteiger partial charge >= 0.3 is 0 Å². The van der Waals surface area contributed by atoms with Gasteiger partial charge in [-0.1, -0.05) is 30.3 Å². The molecule has 2 aromatic rings. The molecule has 0 unspecified atom stereocenters. The zero-order valence-electron chi connectivity index (χ0n) is 16.5. The third-order valence-electron chi connectivity index (χ3n) is 5.21. The van der Waals surface area contributed by atoms with E-state index in [9.17, 15) is 4.79 Å². The van der Waals surface area contributed by atoms with Gasteiger partial charge < -0.3 is 9.64 Å². The molecular weight excluding hydrogens is 418 g/mol. The minimum Gasteiger partial charge on any atom is -0.484 e. The molecule has 4 rings (SSSR count). The second kappa shape index (κ2) is 10.7. The van der Waals surface area contributed by atoms with Gasteiger partial charge in [0.05, 0.1) is 4.58 Å². The van der Waals surface area contributed by atoms with Crippen molar-refractivity contribution in [3.63, 3.8) is 0 Å². The maximum absolute atomic E-state index is 12.5. The van der Waals surface area contributed by atoms with Crippen LogP contribution in [0.4, 0.5) is 0 Å². The number of benzene rings is 2. The summed E-state index contributed by atoms with van der Waals surface area (Å²) in [4.78, 5) is 15.8. The molecule has 2 saturated heterocycles. The van der Waals surface area contributed by atoms with E-state index in [0.717, 1.165) is 31.0 Å². The monoisotopic (exact) mass is 445 g/mol. The molecule has 3 nitrogen and oxygen atoms in total. The van der Waals surface area contributed by atoms with Crippen LogP contribution in [0.25, 0.3) is 0 Å². The number of nitrogens with zero attached hydrogens (tertiary/aromatic N) is 1. The van der Waals surface area contributed by atoms with Gasteiger partial charge in [0.25, 0.3) is 5.91 Å². The van der Waals surface area contributed by atoms with Crippen molar-refractivity contribution in [1.29, 1.82) is 0 Å². The fraction of sp³-hybridized carbons (Fsp3) is 0.435. The second-order valence-electron chi connectivity index (χ2n) is 7.40. The lowest BCUT2D eigenvalue weighted by Gasteiger charge is -2.21. The van der Waals surface area contributed by atoms with E-state index < -0.39 is 0 Å². The lowest BCUT2D eigenvalue weighted by Crippen LogP contribution is -2.33. The summed E-state index contributed by atoms with van der Waals surface area (Å²) in [7, 11) is 0. The Balaban J connectivity index is 1.19. The van der Waals surface area contributed by atoms with E-state index in [-0.39, 0.29) is 12.5 Å². The average Bonchev–Trinajstić information content (AvgIpc) is 3.27. The zero-order chi connectivity index (χ0) is 19.9. The molecule has 0 bridgehead atoms. The third-order valence-corrected chi connectivity index (χ3v) is 9.47. The van der Waals surface area contributed by atoms with Crippen molar-refractivity contribution in [2.45, 2.75) is 22.3 Å². The highest BCUT2D eigenvalue weighted by Gasteiger charge is 2.26. The lowest BCUT2D eigenvalue weighted by molar-refractivity contribution is -0.132. The molecule has 29 heavy (non-hydrogen) atoms. The Bertz CT molecular complexity index is 778. The van der Waals surface area contributed by atoms with Crippen LogP contribution in [0.2, 0.25) is 0 Å². The Morgan fingerprint density at radius 2 is 1.83 bits per heavy atom. The van der Waals surface area contributed by atoms with Crippen molar-refractivity contribution in [3.8, 4) is 5.75 Å². The molecule has 2 aliphatic heterocycles. The predicted octanol–water partition coefficient (Wildman–Crippen LogP) is 5.57. The van der Waals surface area contributed by atoms with Crippen molar-refractivity contribution < 1.29 is 9.53 Å². The second-order valence-corrected chi connectivity index (χ2v) is 11.2. The summed E-state index contributed by atoms with van der Waals surface area (Å²) in [6.45, 7) is 1.82. The number of likely N-dealkylation sites (tertiary alicyclic amines) is 1. The number of carbonyl (C=O) groups excluding carboxylic acids is 1. The van der Waals surface area contributed by atoms with Gasteiger partial charge in [0.1, 0.15) is 5.75 Å². The minimum absolute atomic E-state index is 0.0969. The average molecular weight is 446 g/mol. The van der Waals surface area contributed by atoms with Crippen LogP contribution in [-0.4, -0.2) is 47.8 Å². The highest BCUT2D eigenvalue weighted by Crippen LogP contribution is 2.43. The number of carbonyl (C=O) groups is 1. The van der Waals surface area contributed by atoms with Crippen molar-refractivity contribution in [1.82, 2.24) is 4.90 Å². The van der Waals surface area contributed by atoms with Crippen LogP contribution in [0.5, 0.6) is 5.75 Å². The minimum atomic E-state index is 0.0969. The van der Waals surface area contributed by atoms with Crippen LogP contribution in [-0.2, 0) is 4.79 Å². The molecule has 0 spiro atoms. The molecule has 2 fully saturated rings. The first-order chi connectivity index (χ1) is 14.3. The smallest absolute Gasteiger partial charge is 0.260 e. The first kappa shape index (κ1) is 21.0. The molecule has 0 aliphatic carbocycles. The van der Waals surface area contributed by atoms with E-state index in [0.29, 0.717) is 10.5 Å². The molecule has 1 atom stereocenters. The Hall–Kier alpha value is -1.24. The Morgan fingerprint density at radius 3 is 2.59 bits per heavy atom. The van der Waals surface area contributed by atoms with Gasteiger partial charge in [-0.25, -0.2) is 0 Å². The Kier molecular flexibility index (Phi) is 7.74. The predicted molar refractivity (Wildman–Crippen MR) is 126 cm³/mol. The molecule has 0 aromatic heterocycles. The summed E-state index contributed by atoms with van der Waals surface area (Å²) in [5.74, 6) is 4.99. The molecule has 6 heteroatoms. The Morgan fingerprint density at radius 1 is 1.07 bits per heavy atom. The highest BCUT2D eigenvalue weighted by molar-refractivity contribution is 8.16. The molecule has 0 radical (unpaired) electrons. The standard InChI is InChI=1S/C23H27NO2S3/c25-22(24-12-11-18(15-24)17-29-21-5-2-1-3-6-21)16-26-20-9-7-19(8-10-20)23-27-13-4-14-28-23/h1-3,5-10,18,23H,4,11-17H2/t18-/m0/s1. The number of hydrogen-bond acceptors (Lipinski definition) is 5. The van der Waals surface area contributed by atoms with Gasteiger partial charge in [-0.05, 0) is 60.1 Å². The van der Waals surface area contributed by atoms with Crippen molar-refractivity contribution in [3.05, 3.63) is 60.2 Å². The van der Waals surface area contributed by atoms with Crippen LogP contribution in [0.3, 0.4) is 0 Å². The first-order valence-electron chi connectivity index (χ1n) is 10.2. The van der Waals surface area contributed by atoms with E-state index in [4.69, 9.17) is 4.74 Å². The highest BCUT2D eigenvalue weighted by atomic mass is 32.2. The maximum atomic E-state index is 12.5. The van der Waals surface area contributed by atoms with Crippen LogP contribution in [0, 0.1) is 5.92 Å². The number of amides is 1. The summed E-state index contributed by atoms with van der Waals surface area (Å²) >= 11 is 5.92. The van der Waals surface area contributed by atoms with Gasteiger partial charge in [-0.3, -0.25) is 4.79 Å². The lowest BCUT2D eigenvalue weighted by atomic mass is 10.2. The molecule has 0 saturated carbocycles. The quantitative estimate of drug-likeness (QED) is 0.520. The molecule has 154 valence electrons. The summed E-state index contributed by atoms with van der Waals surface area (Å²) < 4.78 is 6.31. The molecule has 2 aromatic carbocycles. The van der Waals surface area contributed by atoms with E-state index in [1.54, 1.807) is 0 Å². The first-order valence-corrected chi connectivity index (χ1v) is 13.3. The van der Waals surface area contributed by atoms with Crippen molar-refractivity contribution in [2.75, 3.05) is 37.0 Å². The summed E-state index contributed by atoms with van der Waals surface area (Å²) in [5.41, 5.74) is 1.34. The molecule has 0 N–H and O–H groups in total. The summed E-state index contributed by atoms with van der Waals surface area (Å²) in [5, 5.41) is 0. The van der Waals surface area contributed by atoms with E-state index >= 15 is 0 Å². The number of rotatable bonds is 7. The normalized spacial score (nSPS) is 20.0. The summed E-state index contributed by atoms with van der Waals surface area (Å²) in [6.07, 6.45) is 2.38. The van der Waals surface area contributed by atoms with E-state index in [2.05, 4.69) is 36.4 Å². The third kappa shape index (κ3) is 6.12. The van der Waals surface area contributed by atoms with Crippen molar-refractivity contribution in [2.24, 2.45) is 5.92 Å². The van der Waals surface area contributed by atoms with Gasteiger partial charge in [0.2, 0.25) is 0 Å². The molecule has 1 amide bonds. The van der Waals surface area contributed by atoms with E-state index in [1.807, 2.05) is 58.4 Å². The number of thioether (sulfide) groups is 3. The maximum Gasteiger partial charge on any atom is 0.260 e. The zero-order valence-corrected chi connectivity index (χ0v) is 18.9. The molecular formula is C23H27NO2S3. The van der Waals surface area contributed by atoms with E-state index in [1.165, 1.54) is 28.4 Å². The Labute approximate surface area is 186 Å². The van der Waals surface area contributed by atoms with Crippen LogP contribution >= 0.6 is 35.3 Å². The van der Waals surface area contributed by atoms with Gasteiger partial charge in [-0.15, -0.1) is 35.3 Å². The van der Waals surface area contributed by atoms with Gasteiger partial charge in [0, 0.05) is 23.7 Å². The number of ether oxygens (including phenoxy) is 1. The SMILES string of the molecule is O=C(COc1ccc(C2SCCCS2)cc1)N1CC[C@H](CSc2ccccc2)C1. The van der Waals surface area contributed by atoms with Crippen molar-refractivity contribution >= 4 is 41.2 Å². The van der Waals surface area contributed by atoms with Crippen LogP contribution < -0.4 is 4.74 Å². The topological polar surface area (TPSA) is 29.5 Å². The van der Waals surface area contributed by atoms with Crippen LogP contribution in [0.15, 0.2) is 59.5 Å². The fourth-order valence-corrected chi connectivity index (χ4v) is 7.51. The fourth-order valence-electron chi connectivity index (χ4n) is 3.56. The largest absolute Gasteiger partial charge is 0.484 e. The van der Waals surface area contributed by atoms with Crippen LogP contribution in [0.1, 0.15) is 23.0 Å². The summed E-state index contributed by atoms with van der Waals surface area (Å²) in [6, 6.07) is 18.8. The molecule has 2 heterocycles.